The van der Waals surface area contributed by atoms with Crippen molar-refractivity contribution in [2.75, 3.05) is 18.8 Å². The van der Waals surface area contributed by atoms with Crippen LogP contribution in [0.4, 0.5) is 5.69 Å². The average molecular weight is 263 g/mol. The molecule has 2 aliphatic heterocycles. The molecule has 0 aliphatic carbocycles. The number of rotatable bonds is 2. The Morgan fingerprint density at radius 2 is 2.32 bits per heavy atom. The second-order valence-corrected chi connectivity index (χ2v) is 5.64. The zero-order valence-electron chi connectivity index (χ0n) is 11.3. The fraction of sp³-hybridized carbons (Fsp3) is 0.692. The Morgan fingerprint density at radius 1 is 1.47 bits per heavy atom. The van der Waals surface area contributed by atoms with Gasteiger partial charge in [-0.25, -0.2) is 0 Å². The number of fused-ring (bicyclic) bond motifs is 1. The number of nitrogens with zero attached hydrogens (tertiary/aromatic N) is 2. The van der Waals surface area contributed by atoms with Crippen LogP contribution < -0.4 is 11.1 Å². The largest absolute Gasteiger partial charge is 0.395 e. The molecule has 6 nitrogen and oxygen atoms in total. The van der Waals surface area contributed by atoms with Gasteiger partial charge in [-0.05, 0) is 39.2 Å². The maximum Gasteiger partial charge on any atom is 0.274 e. The summed E-state index contributed by atoms with van der Waals surface area (Å²) in [5, 5.41) is 9.80. The molecule has 104 valence electrons. The van der Waals surface area contributed by atoms with Crippen LogP contribution in [-0.4, -0.2) is 46.2 Å². The molecule has 19 heavy (non-hydrogen) atoms. The van der Waals surface area contributed by atoms with Gasteiger partial charge in [-0.15, -0.1) is 0 Å². The van der Waals surface area contributed by atoms with Crippen molar-refractivity contribution in [1.29, 1.82) is 0 Å². The van der Waals surface area contributed by atoms with E-state index >= 15 is 0 Å². The van der Waals surface area contributed by atoms with Crippen LogP contribution in [0.5, 0.6) is 0 Å². The maximum absolute atomic E-state index is 12.2. The first kappa shape index (κ1) is 12.5. The molecule has 1 aromatic rings. The summed E-state index contributed by atoms with van der Waals surface area (Å²) in [5.41, 5.74) is 7.36. The third-order valence-electron chi connectivity index (χ3n) is 4.37. The first-order chi connectivity index (χ1) is 9.15. The van der Waals surface area contributed by atoms with Crippen LogP contribution in [0.1, 0.15) is 41.9 Å². The number of aryl methyl sites for hydroxylation is 1. The van der Waals surface area contributed by atoms with E-state index in [9.17, 15) is 4.79 Å². The van der Waals surface area contributed by atoms with Crippen molar-refractivity contribution in [3.05, 3.63) is 11.4 Å². The van der Waals surface area contributed by atoms with Crippen LogP contribution in [0.25, 0.3) is 0 Å². The molecule has 4 N–H and O–H groups in total. The monoisotopic (exact) mass is 263 g/mol. The normalized spacial score (nSPS) is 27.2. The van der Waals surface area contributed by atoms with Crippen LogP contribution in [0.2, 0.25) is 0 Å². The van der Waals surface area contributed by atoms with E-state index in [1.54, 1.807) is 0 Å². The molecule has 2 unspecified atom stereocenters. The third-order valence-corrected chi connectivity index (χ3v) is 4.37. The summed E-state index contributed by atoms with van der Waals surface area (Å²) in [6.45, 7) is 4.12. The van der Waals surface area contributed by atoms with Crippen LogP contribution in [0, 0.1) is 6.92 Å². The van der Waals surface area contributed by atoms with E-state index < -0.39 is 0 Å². The Kier molecular flexibility index (Phi) is 3.18. The highest BCUT2D eigenvalue weighted by Crippen LogP contribution is 2.27. The second-order valence-electron chi connectivity index (χ2n) is 5.64. The summed E-state index contributed by atoms with van der Waals surface area (Å²) in [4.78, 5) is 14.7. The smallest absolute Gasteiger partial charge is 0.274 e. The summed E-state index contributed by atoms with van der Waals surface area (Å²) < 4.78 is 0. The number of H-pyrrole nitrogens is 1. The van der Waals surface area contributed by atoms with Crippen molar-refractivity contribution in [1.82, 2.24) is 20.4 Å². The van der Waals surface area contributed by atoms with Crippen molar-refractivity contribution in [2.24, 2.45) is 0 Å². The lowest BCUT2D eigenvalue weighted by Crippen LogP contribution is -2.47. The lowest BCUT2D eigenvalue weighted by Gasteiger charge is -2.35. The number of aromatic amines is 1. The third kappa shape index (κ3) is 2.32. The first-order valence-electron chi connectivity index (χ1n) is 7.00. The van der Waals surface area contributed by atoms with Crippen LogP contribution >= 0.6 is 0 Å². The fourth-order valence-corrected chi connectivity index (χ4v) is 3.22. The number of nitrogens with two attached hydrogens (primary N) is 1. The van der Waals surface area contributed by atoms with E-state index in [1.807, 2.05) is 6.92 Å². The van der Waals surface area contributed by atoms with Crippen molar-refractivity contribution in [3.63, 3.8) is 0 Å². The maximum atomic E-state index is 12.2. The number of nitrogen functional groups attached to an aromatic ring is 1. The molecule has 3 heterocycles. The van der Waals surface area contributed by atoms with Gasteiger partial charge in [-0.3, -0.25) is 9.89 Å². The Morgan fingerprint density at radius 3 is 3.05 bits per heavy atom. The SMILES string of the molecule is Cc1[nH]nc(C(=O)NC2CCN3CCCC3C2)c1N. The molecule has 6 heteroatoms. The van der Waals surface area contributed by atoms with Gasteiger partial charge in [0.15, 0.2) is 5.69 Å². The van der Waals surface area contributed by atoms with Gasteiger partial charge in [0.1, 0.15) is 0 Å². The molecule has 2 saturated heterocycles. The van der Waals surface area contributed by atoms with Crippen molar-refractivity contribution in [2.45, 2.75) is 44.7 Å². The van der Waals surface area contributed by atoms with Gasteiger partial charge in [0.25, 0.3) is 5.91 Å². The first-order valence-corrected chi connectivity index (χ1v) is 7.00. The van der Waals surface area contributed by atoms with Crippen LogP contribution in [0.3, 0.4) is 0 Å². The van der Waals surface area contributed by atoms with E-state index in [4.69, 9.17) is 5.73 Å². The molecule has 2 aliphatic rings. The molecule has 0 aromatic carbocycles. The lowest BCUT2D eigenvalue weighted by atomic mass is 9.97. The Labute approximate surface area is 112 Å². The van der Waals surface area contributed by atoms with Gasteiger partial charge in [0.05, 0.1) is 11.4 Å². The van der Waals surface area contributed by atoms with Crippen molar-refractivity contribution in [3.8, 4) is 0 Å². The van der Waals surface area contributed by atoms with E-state index in [0.29, 0.717) is 17.4 Å². The highest BCUT2D eigenvalue weighted by Gasteiger charge is 2.32. The zero-order chi connectivity index (χ0) is 13.4. The summed E-state index contributed by atoms with van der Waals surface area (Å²) in [6, 6.07) is 0.903. The van der Waals surface area contributed by atoms with Gasteiger partial charge < -0.3 is 16.0 Å². The van der Waals surface area contributed by atoms with Gasteiger partial charge in [0, 0.05) is 18.6 Å². The Balaban J connectivity index is 1.62. The molecule has 0 radical (unpaired) electrons. The van der Waals surface area contributed by atoms with E-state index in [2.05, 4.69) is 20.4 Å². The molecule has 0 bridgehead atoms. The molecule has 2 fully saturated rings. The predicted molar refractivity (Wildman–Crippen MR) is 72.8 cm³/mol. The lowest BCUT2D eigenvalue weighted by molar-refractivity contribution is 0.0892. The quantitative estimate of drug-likeness (QED) is 0.731. The summed E-state index contributed by atoms with van der Waals surface area (Å²) in [6.07, 6.45) is 4.62. The van der Waals surface area contributed by atoms with Gasteiger partial charge in [-0.2, -0.15) is 5.10 Å². The minimum absolute atomic E-state index is 0.154. The fourth-order valence-electron chi connectivity index (χ4n) is 3.22. The topological polar surface area (TPSA) is 87.0 Å². The second kappa shape index (κ2) is 4.85. The number of nitrogens with one attached hydrogen (secondary N) is 2. The number of hydrogen-bond donors (Lipinski definition) is 3. The molecule has 0 spiro atoms. The van der Waals surface area contributed by atoms with Crippen LogP contribution in [0.15, 0.2) is 0 Å². The summed E-state index contributed by atoms with van der Waals surface area (Å²) in [7, 11) is 0. The highest BCUT2D eigenvalue weighted by molar-refractivity contribution is 5.97. The van der Waals surface area contributed by atoms with E-state index in [-0.39, 0.29) is 11.9 Å². The number of carbonyl (C=O) groups is 1. The number of carbonyl (C=O) groups excluding carboxylic acids is 1. The molecule has 0 saturated carbocycles. The minimum atomic E-state index is -0.154. The van der Waals surface area contributed by atoms with Gasteiger partial charge in [-0.1, -0.05) is 0 Å². The number of aromatic nitrogens is 2. The number of anilines is 1. The molecular weight excluding hydrogens is 242 g/mol. The highest BCUT2D eigenvalue weighted by atomic mass is 16.2. The molecule has 2 atom stereocenters. The van der Waals surface area contributed by atoms with Crippen molar-refractivity contribution < 1.29 is 4.79 Å². The number of piperidine rings is 1. The minimum Gasteiger partial charge on any atom is -0.395 e. The van der Waals surface area contributed by atoms with Crippen molar-refractivity contribution >= 4 is 11.6 Å². The predicted octanol–water partition coefficient (Wildman–Crippen LogP) is 0.657. The van der Waals surface area contributed by atoms with Gasteiger partial charge >= 0.3 is 0 Å². The molecule has 1 aromatic heterocycles. The Hall–Kier alpha value is -1.56. The molecule has 1 amide bonds. The molecular formula is C13H21N5O. The zero-order valence-corrected chi connectivity index (χ0v) is 11.3. The van der Waals surface area contributed by atoms with Crippen LogP contribution in [-0.2, 0) is 0 Å². The average Bonchev–Trinajstić information content (AvgIpc) is 2.97. The Bertz CT molecular complexity index is 483. The van der Waals surface area contributed by atoms with E-state index in [0.717, 1.165) is 25.1 Å². The van der Waals surface area contributed by atoms with E-state index in [1.165, 1.54) is 19.4 Å². The summed E-state index contributed by atoms with van der Waals surface area (Å²) in [5.74, 6) is -0.154. The molecule has 3 rings (SSSR count). The summed E-state index contributed by atoms with van der Waals surface area (Å²) >= 11 is 0. The number of amides is 1. The number of hydrogen-bond acceptors (Lipinski definition) is 4. The van der Waals surface area contributed by atoms with Gasteiger partial charge in [0.2, 0.25) is 0 Å². The standard InChI is InChI=1S/C13H21N5O/c1-8-11(14)12(17-16-8)13(19)15-9-4-6-18-5-2-3-10(18)7-9/h9-10H,2-7,14H2,1H3,(H,15,19)(H,16,17).